The van der Waals surface area contributed by atoms with Crippen LogP contribution in [-0.2, 0) is 6.61 Å². The quantitative estimate of drug-likeness (QED) is 0.825. The van der Waals surface area contributed by atoms with Gasteiger partial charge in [-0.2, -0.15) is 0 Å². The lowest BCUT2D eigenvalue weighted by molar-refractivity contribution is 0.281. The molecule has 1 aromatic heterocycles. The van der Waals surface area contributed by atoms with Crippen molar-refractivity contribution in [3.63, 3.8) is 0 Å². The molecule has 1 N–H and O–H groups in total. The SMILES string of the molecule is CCC(C)CN(CC)c1ncc(CO)cc1C. The molecule has 1 unspecified atom stereocenters. The fraction of sp³-hybridized carbons (Fsp3) is 0.643. The number of aliphatic hydroxyl groups is 1. The van der Waals surface area contributed by atoms with Crippen LogP contribution in [0.5, 0.6) is 0 Å². The maximum Gasteiger partial charge on any atom is 0.131 e. The smallest absolute Gasteiger partial charge is 0.131 e. The number of hydrogen-bond donors (Lipinski definition) is 1. The molecular weight excluding hydrogens is 212 g/mol. The summed E-state index contributed by atoms with van der Waals surface area (Å²) < 4.78 is 0. The van der Waals surface area contributed by atoms with Crippen molar-refractivity contribution in [3.05, 3.63) is 23.4 Å². The summed E-state index contributed by atoms with van der Waals surface area (Å²) in [5.41, 5.74) is 2.02. The Morgan fingerprint density at radius 3 is 2.59 bits per heavy atom. The van der Waals surface area contributed by atoms with Crippen molar-refractivity contribution < 1.29 is 5.11 Å². The Balaban J connectivity index is 2.88. The highest BCUT2D eigenvalue weighted by Gasteiger charge is 2.12. The number of anilines is 1. The maximum absolute atomic E-state index is 9.08. The lowest BCUT2D eigenvalue weighted by Gasteiger charge is -2.26. The zero-order chi connectivity index (χ0) is 12.8. The van der Waals surface area contributed by atoms with Gasteiger partial charge in [-0.3, -0.25) is 0 Å². The van der Waals surface area contributed by atoms with E-state index in [2.05, 4.69) is 37.6 Å². The molecule has 3 nitrogen and oxygen atoms in total. The summed E-state index contributed by atoms with van der Waals surface area (Å²) in [4.78, 5) is 6.78. The third-order valence-corrected chi connectivity index (χ3v) is 3.20. The van der Waals surface area contributed by atoms with Crippen LogP contribution in [-0.4, -0.2) is 23.2 Å². The Morgan fingerprint density at radius 1 is 1.41 bits per heavy atom. The number of aryl methyl sites for hydroxylation is 1. The molecule has 0 aliphatic carbocycles. The van der Waals surface area contributed by atoms with Gasteiger partial charge in [0.05, 0.1) is 6.61 Å². The van der Waals surface area contributed by atoms with Gasteiger partial charge in [0.25, 0.3) is 0 Å². The third kappa shape index (κ3) is 3.70. The van der Waals surface area contributed by atoms with E-state index in [-0.39, 0.29) is 6.61 Å². The highest BCUT2D eigenvalue weighted by molar-refractivity contribution is 5.47. The minimum atomic E-state index is 0.0611. The summed E-state index contributed by atoms with van der Waals surface area (Å²) in [7, 11) is 0. The fourth-order valence-electron chi connectivity index (χ4n) is 1.91. The second-order valence-corrected chi connectivity index (χ2v) is 4.69. The Kier molecular flexibility index (Phi) is 5.42. The predicted octanol–water partition coefficient (Wildman–Crippen LogP) is 2.75. The lowest BCUT2D eigenvalue weighted by Crippen LogP contribution is -2.29. The van der Waals surface area contributed by atoms with Gasteiger partial charge in [-0.05, 0) is 37.0 Å². The molecule has 0 aromatic carbocycles. The molecule has 0 aliphatic heterocycles. The number of aromatic nitrogens is 1. The molecule has 0 amide bonds. The largest absolute Gasteiger partial charge is 0.392 e. The van der Waals surface area contributed by atoms with Crippen LogP contribution in [0.3, 0.4) is 0 Å². The Morgan fingerprint density at radius 2 is 2.12 bits per heavy atom. The standard InChI is InChI=1S/C14H24N2O/c1-5-11(3)9-16(6-2)14-12(4)7-13(10-17)8-15-14/h7-8,11,17H,5-6,9-10H2,1-4H3. The molecule has 1 heterocycles. The molecule has 1 aromatic rings. The second kappa shape index (κ2) is 6.60. The van der Waals surface area contributed by atoms with Crippen molar-refractivity contribution in [3.8, 4) is 0 Å². The molecule has 0 saturated heterocycles. The van der Waals surface area contributed by atoms with Crippen molar-refractivity contribution in [1.82, 2.24) is 4.98 Å². The molecule has 3 heteroatoms. The van der Waals surface area contributed by atoms with Gasteiger partial charge in [-0.1, -0.05) is 20.3 Å². The van der Waals surface area contributed by atoms with Gasteiger partial charge in [-0.25, -0.2) is 4.98 Å². The van der Waals surface area contributed by atoms with Gasteiger partial charge in [-0.15, -0.1) is 0 Å². The minimum absolute atomic E-state index is 0.0611. The van der Waals surface area contributed by atoms with Crippen LogP contribution in [0.25, 0.3) is 0 Å². The highest BCUT2D eigenvalue weighted by Crippen LogP contribution is 2.19. The van der Waals surface area contributed by atoms with E-state index in [9.17, 15) is 0 Å². The van der Waals surface area contributed by atoms with E-state index in [1.807, 2.05) is 6.07 Å². The first kappa shape index (κ1) is 14.0. The van der Waals surface area contributed by atoms with E-state index >= 15 is 0 Å². The summed E-state index contributed by atoms with van der Waals surface area (Å²) in [6, 6.07) is 2.02. The highest BCUT2D eigenvalue weighted by atomic mass is 16.3. The van der Waals surface area contributed by atoms with E-state index in [1.54, 1.807) is 6.20 Å². The zero-order valence-corrected chi connectivity index (χ0v) is 11.4. The predicted molar refractivity (Wildman–Crippen MR) is 72.2 cm³/mol. The average molecular weight is 236 g/mol. The van der Waals surface area contributed by atoms with Gasteiger partial charge in [0.1, 0.15) is 5.82 Å². The first-order chi connectivity index (χ1) is 8.12. The van der Waals surface area contributed by atoms with E-state index in [0.29, 0.717) is 5.92 Å². The number of rotatable bonds is 6. The average Bonchev–Trinajstić information content (AvgIpc) is 2.35. The fourth-order valence-corrected chi connectivity index (χ4v) is 1.91. The van der Waals surface area contributed by atoms with Gasteiger partial charge in [0.2, 0.25) is 0 Å². The summed E-state index contributed by atoms with van der Waals surface area (Å²) in [6.07, 6.45) is 2.95. The molecule has 0 bridgehead atoms. The molecular formula is C14H24N2O. The van der Waals surface area contributed by atoms with Crippen LogP contribution >= 0.6 is 0 Å². The molecule has 0 saturated carbocycles. The van der Waals surface area contributed by atoms with Crippen LogP contribution in [0.4, 0.5) is 5.82 Å². The number of hydrogen-bond acceptors (Lipinski definition) is 3. The van der Waals surface area contributed by atoms with Crippen molar-refractivity contribution in [2.75, 3.05) is 18.0 Å². The summed E-state index contributed by atoms with van der Waals surface area (Å²) >= 11 is 0. The van der Waals surface area contributed by atoms with Crippen LogP contribution in [0.15, 0.2) is 12.3 Å². The van der Waals surface area contributed by atoms with Gasteiger partial charge >= 0.3 is 0 Å². The maximum atomic E-state index is 9.08. The van der Waals surface area contributed by atoms with Crippen molar-refractivity contribution in [2.45, 2.75) is 40.7 Å². The first-order valence-corrected chi connectivity index (χ1v) is 6.43. The van der Waals surface area contributed by atoms with Gasteiger partial charge in [0, 0.05) is 19.3 Å². The van der Waals surface area contributed by atoms with Crippen LogP contribution < -0.4 is 4.90 Å². The Labute approximate surface area is 104 Å². The summed E-state index contributed by atoms with van der Waals surface area (Å²) in [6.45, 7) is 10.8. The molecule has 96 valence electrons. The molecule has 1 rings (SSSR count). The number of aliphatic hydroxyl groups excluding tert-OH is 1. The van der Waals surface area contributed by atoms with E-state index in [4.69, 9.17) is 5.11 Å². The molecule has 17 heavy (non-hydrogen) atoms. The van der Waals surface area contributed by atoms with Crippen molar-refractivity contribution in [1.29, 1.82) is 0 Å². The van der Waals surface area contributed by atoms with Gasteiger partial charge < -0.3 is 10.0 Å². The zero-order valence-electron chi connectivity index (χ0n) is 11.4. The first-order valence-electron chi connectivity index (χ1n) is 6.43. The molecule has 1 atom stereocenters. The normalized spacial score (nSPS) is 12.5. The van der Waals surface area contributed by atoms with Crippen LogP contribution in [0.1, 0.15) is 38.3 Å². The van der Waals surface area contributed by atoms with Crippen molar-refractivity contribution in [2.24, 2.45) is 5.92 Å². The number of nitrogens with zero attached hydrogens (tertiary/aromatic N) is 2. The topological polar surface area (TPSA) is 36.4 Å². The monoisotopic (exact) mass is 236 g/mol. The third-order valence-electron chi connectivity index (χ3n) is 3.20. The van der Waals surface area contributed by atoms with E-state index in [1.165, 1.54) is 6.42 Å². The minimum Gasteiger partial charge on any atom is -0.392 e. The van der Waals surface area contributed by atoms with Crippen LogP contribution in [0.2, 0.25) is 0 Å². The summed E-state index contributed by atoms with van der Waals surface area (Å²) in [5.74, 6) is 1.72. The molecule has 0 aliphatic rings. The second-order valence-electron chi connectivity index (χ2n) is 4.69. The Bertz CT molecular complexity index is 352. The molecule has 0 fully saturated rings. The van der Waals surface area contributed by atoms with E-state index < -0.39 is 0 Å². The van der Waals surface area contributed by atoms with E-state index in [0.717, 1.165) is 30.0 Å². The Hall–Kier alpha value is -1.09. The molecule has 0 spiro atoms. The molecule has 0 radical (unpaired) electrons. The van der Waals surface area contributed by atoms with Crippen molar-refractivity contribution >= 4 is 5.82 Å². The van der Waals surface area contributed by atoms with Crippen LogP contribution in [0, 0.1) is 12.8 Å². The number of pyridine rings is 1. The lowest BCUT2D eigenvalue weighted by atomic mass is 10.1. The summed E-state index contributed by atoms with van der Waals surface area (Å²) in [5, 5.41) is 9.08. The van der Waals surface area contributed by atoms with Gasteiger partial charge in [0.15, 0.2) is 0 Å².